The standard InChI is InChI=1S/C21H22N4O3/c26-20(17-12-22-25(13-17)19-4-2-1-3-5-19)23-18-9-8-14-10-16(21(27)24-28)7-6-15(14)11-18/h1-7,10,13,18,22,28H,8-9,11-12H2,(H,23,26)(H,24,27). The highest BCUT2D eigenvalue weighted by Gasteiger charge is 2.24. The van der Waals surface area contributed by atoms with Crippen LogP contribution in [0, 0.1) is 0 Å². The average Bonchev–Trinajstić information content (AvgIpc) is 3.24. The van der Waals surface area contributed by atoms with E-state index in [1.165, 1.54) is 0 Å². The topological polar surface area (TPSA) is 93.7 Å². The van der Waals surface area contributed by atoms with Crippen molar-refractivity contribution in [2.24, 2.45) is 0 Å². The maximum Gasteiger partial charge on any atom is 0.274 e. The van der Waals surface area contributed by atoms with Gasteiger partial charge in [0.25, 0.3) is 5.91 Å². The van der Waals surface area contributed by atoms with Crippen LogP contribution in [-0.2, 0) is 17.6 Å². The third kappa shape index (κ3) is 3.76. The molecule has 7 heteroatoms. The smallest absolute Gasteiger partial charge is 0.274 e. The third-order valence-electron chi connectivity index (χ3n) is 5.18. The van der Waals surface area contributed by atoms with Crippen molar-refractivity contribution in [3.05, 3.63) is 77.0 Å². The van der Waals surface area contributed by atoms with Gasteiger partial charge in [-0.3, -0.25) is 19.8 Å². The summed E-state index contributed by atoms with van der Waals surface area (Å²) in [5.74, 6) is -0.572. The lowest BCUT2D eigenvalue weighted by atomic mass is 9.87. The first-order valence-corrected chi connectivity index (χ1v) is 9.29. The van der Waals surface area contributed by atoms with E-state index in [2.05, 4.69) is 10.7 Å². The number of carbonyl (C=O) groups excluding carboxylic acids is 2. The Kier molecular flexibility index (Phi) is 5.10. The summed E-state index contributed by atoms with van der Waals surface area (Å²) in [5, 5.41) is 13.8. The second-order valence-corrected chi connectivity index (χ2v) is 7.03. The first kappa shape index (κ1) is 18.2. The molecule has 1 atom stereocenters. The van der Waals surface area contributed by atoms with Crippen molar-refractivity contribution in [2.45, 2.75) is 25.3 Å². The van der Waals surface area contributed by atoms with Crippen molar-refractivity contribution in [1.82, 2.24) is 16.2 Å². The molecule has 0 radical (unpaired) electrons. The molecule has 144 valence electrons. The molecule has 28 heavy (non-hydrogen) atoms. The van der Waals surface area contributed by atoms with Gasteiger partial charge in [-0.05, 0) is 54.7 Å². The van der Waals surface area contributed by atoms with E-state index in [-0.39, 0.29) is 11.9 Å². The van der Waals surface area contributed by atoms with Gasteiger partial charge in [-0.25, -0.2) is 10.9 Å². The fourth-order valence-electron chi connectivity index (χ4n) is 3.67. The van der Waals surface area contributed by atoms with Crippen molar-refractivity contribution >= 4 is 17.5 Å². The zero-order valence-corrected chi connectivity index (χ0v) is 15.3. The summed E-state index contributed by atoms with van der Waals surface area (Å²) in [6.45, 7) is 0.490. The third-order valence-corrected chi connectivity index (χ3v) is 5.18. The Labute approximate surface area is 163 Å². The molecule has 2 aliphatic rings. The van der Waals surface area contributed by atoms with Crippen molar-refractivity contribution in [1.29, 1.82) is 0 Å². The number of rotatable bonds is 4. The normalized spacial score (nSPS) is 18.2. The van der Waals surface area contributed by atoms with Crippen LogP contribution in [0.4, 0.5) is 5.69 Å². The Hall–Kier alpha value is -3.16. The Morgan fingerprint density at radius 2 is 1.89 bits per heavy atom. The highest BCUT2D eigenvalue weighted by molar-refractivity contribution is 5.95. The zero-order valence-electron chi connectivity index (χ0n) is 15.3. The molecule has 2 aromatic carbocycles. The van der Waals surface area contributed by atoms with E-state index in [0.717, 1.165) is 36.1 Å². The van der Waals surface area contributed by atoms with Crippen LogP contribution in [-0.4, -0.2) is 29.6 Å². The molecule has 0 saturated heterocycles. The molecule has 2 aromatic rings. The number of para-hydroxylation sites is 1. The molecular formula is C21H22N4O3. The van der Waals surface area contributed by atoms with E-state index in [0.29, 0.717) is 17.7 Å². The Bertz CT molecular complexity index is 927. The van der Waals surface area contributed by atoms with Crippen LogP contribution in [0.1, 0.15) is 27.9 Å². The van der Waals surface area contributed by atoms with Crippen LogP contribution in [0.3, 0.4) is 0 Å². The van der Waals surface area contributed by atoms with Crippen molar-refractivity contribution in [3.63, 3.8) is 0 Å². The first-order valence-electron chi connectivity index (χ1n) is 9.29. The van der Waals surface area contributed by atoms with E-state index in [1.807, 2.05) is 47.6 Å². The molecule has 4 rings (SSSR count). The number of nitrogens with one attached hydrogen (secondary N) is 3. The number of fused-ring (bicyclic) bond motifs is 1. The van der Waals surface area contributed by atoms with Crippen LogP contribution in [0.2, 0.25) is 0 Å². The average molecular weight is 378 g/mol. The van der Waals surface area contributed by atoms with E-state index in [1.54, 1.807) is 17.6 Å². The molecule has 4 N–H and O–H groups in total. The summed E-state index contributed by atoms with van der Waals surface area (Å²) >= 11 is 0. The van der Waals surface area contributed by atoms with Crippen LogP contribution < -0.4 is 21.2 Å². The summed E-state index contributed by atoms with van der Waals surface area (Å²) in [5.41, 5.74) is 9.19. The molecule has 0 spiro atoms. The number of hydroxylamine groups is 1. The number of carbonyl (C=O) groups is 2. The first-order chi connectivity index (χ1) is 13.6. The predicted octanol–water partition coefficient (Wildman–Crippen LogP) is 1.69. The Balaban J connectivity index is 1.39. The van der Waals surface area contributed by atoms with Crippen LogP contribution in [0.15, 0.2) is 60.3 Å². The number of anilines is 1. The Morgan fingerprint density at radius 3 is 2.68 bits per heavy atom. The van der Waals surface area contributed by atoms with Gasteiger partial charge in [0.1, 0.15) is 0 Å². The predicted molar refractivity (Wildman–Crippen MR) is 105 cm³/mol. The van der Waals surface area contributed by atoms with E-state index >= 15 is 0 Å². The van der Waals surface area contributed by atoms with Crippen molar-refractivity contribution in [3.8, 4) is 0 Å². The number of aryl methyl sites for hydroxylation is 1. The number of nitrogens with zero attached hydrogens (tertiary/aromatic N) is 1. The molecule has 0 bridgehead atoms. The van der Waals surface area contributed by atoms with Crippen LogP contribution in [0.5, 0.6) is 0 Å². The number of hydrogen-bond acceptors (Lipinski definition) is 5. The lowest BCUT2D eigenvalue weighted by Gasteiger charge is -2.26. The molecule has 1 aliphatic heterocycles. The molecule has 1 aliphatic carbocycles. The fourth-order valence-corrected chi connectivity index (χ4v) is 3.67. The Morgan fingerprint density at radius 1 is 1.07 bits per heavy atom. The number of hydrazine groups is 1. The summed E-state index contributed by atoms with van der Waals surface area (Å²) in [7, 11) is 0. The quantitative estimate of drug-likeness (QED) is 0.480. The van der Waals surface area contributed by atoms with Gasteiger partial charge in [-0.15, -0.1) is 0 Å². The monoisotopic (exact) mass is 378 g/mol. The summed E-state index contributed by atoms with van der Waals surface area (Å²) in [6, 6.07) is 15.3. The molecule has 7 nitrogen and oxygen atoms in total. The minimum atomic E-state index is -0.512. The van der Waals surface area contributed by atoms with Crippen LogP contribution >= 0.6 is 0 Å². The minimum Gasteiger partial charge on any atom is -0.349 e. The second kappa shape index (κ2) is 7.84. The largest absolute Gasteiger partial charge is 0.349 e. The summed E-state index contributed by atoms with van der Waals surface area (Å²) < 4.78 is 0. The maximum absolute atomic E-state index is 12.7. The van der Waals surface area contributed by atoms with Gasteiger partial charge in [0.2, 0.25) is 5.91 Å². The number of hydrogen-bond donors (Lipinski definition) is 4. The van der Waals surface area contributed by atoms with Crippen molar-refractivity contribution < 1.29 is 14.8 Å². The van der Waals surface area contributed by atoms with Crippen molar-refractivity contribution in [2.75, 3.05) is 11.6 Å². The molecular weight excluding hydrogens is 356 g/mol. The SMILES string of the molecule is O=C(NC1CCc2cc(C(=O)NO)ccc2C1)C1=CN(c2ccccc2)NC1. The van der Waals surface area contributed by atoms with Gasteiger partial charge in [0.15, 0.2) is 0 Å². The number of benzene rings is 2. The molecule has 0 aromatic heterocycles. The minimum absolute atomic E-state index is 0.0594. The number of amides is 2. The molecule has 1 heterocycles. The van der Waals surface area contributed by atoms with Gasteiger partial charge in [0.05, 0.1) is 11.3 Å². The van der Waals surface area contributed by atoms with Gasteiger partial charge in [-0.1, -0.05) is 24.3 Å². The highest BCUT2D eigenvalue weighted by atomic mass is 16.5. The lowest BCUT2D eigenvalue weighted by Crippen LogP contribution is -2.40. The van der Waals surface area contributed by atoms with Gasteiger partial charge >= 0.3 is 0 Å². The lowest BCUT2D eigenvalue weighted by molar-refractivity contribution is -0.118. The second-order valence-electron chi connectivity index (χ2n) is 7.03. The van der Waals surface area contributed by atoms with Gasteiger partial charge in [-0.2, -0.15) is 0 Å². The highest BCUT2D eigenvalue weighted by Crippen LogP contribution is 2.23. The zero-order chi connectivity index (χ0) is 19.5. The van der Waals surface area contributed by atoms with E-state index in [4.69, 9.17) is 5.21 Å². The maximum atomic E-state index is 12.7. The molecule has 0 saturated carbocycles. The van der Waals surface area contributed by atoms with Gasteiger partial charge < -0.3 is 5.32 Å². The van der Waals surface area contributed by atoms with E-state index in [9.17, 15) is 9.59 Å². The molecule has 1 unspecified atom stereocenters. The van der Waals surface area contributed by atoms with Gasteiger partial charge in [0, 0.05) is 24.4 Å². The summed E-state index contributed by atoms with van der Waals surface area (Å²) in [6.07, 6.45) is 4.15. The fraction of sp³-hybridized carbons (Fsp3) is 0.238. The molecule has 2 amide bonds. The van der Waals surface area contributed by atoms with Crippen LogP contribution in [0.25, 0.3) is 0 Å². The van der Waals surface area contributed by atoms with E-state index < -0.39 is 5.91 Å². The molecule has 0 fully saturated rings. The summed E-state index contributed by atoms with van der Waals surface area (Å²) in [4.78, 5) is 24.2.